The van der Waals surface area contributed by atoms with Gasteiger partial charge in [0, 0.05) is 22.3 Å². The number of carbonyl (C=O) groups is 1. The zero-order valence-corrected chi connectivity index (χ0v) is 15.3. The Hall–Kier alpha value is -2.18. The second-order valence-corrected chi connectivity index (χ2v) is 6.70. The summed E-state index contributed by atoms with van der Waals surface area (Å²) in [5.41, 5.74) is 1.43. The van der Waals surface area contributed by atoms with Crippen LogP contribution < -0.4 is 10.6 Å². The van der Waals surface area contributed by atoms with Crippen LogP contribution in [0.25, 0.3) is 0 Å². The predicted octanol–water partition coefficient (Wildman–Crippen LogP) is 3.83. The highest BCUT2D eigenvalue weighted by Crippen LogP contribution is 2.16. The molecule has 5 nitrogen and oxygen atoms in total. The zero-order chi connectivity index (χ0) is 17.5. The van der Waals surface area contributed by atoms with Crippen LogP contribution in [0.1, 0.15) is 23.2 Å². The first-order valence-corrected chi connectivity index (χ1v) is 9.05. The van der Waals surface area contributed by atoms with E-state index in [0.717, 1.165) is 29.6 Å². The van der Waals surface area contributed by atoms with Crippen molar-refractivity contribution in [2.24, 2.45) is 4.99 Å². The number of nitrogens with zero attached hydrogens (tertiary/aromatic N) is 1. The molecule has 2 N–H and O–H groups in total. The van der Waals surface area contributed by atoms with Gasteiger partial charge in [-0.15, -0.1) is 0 Å². The van der Waals surface area contributed by atoms with Crippen LogP contribution in [0, 0.1) is 0 Å². The maximum atomic E-state index is 12.4. The van der Waals surface area contributed by atoms with Crippen LogP contribution in [-0.2, 0) is 4.74 Å². The van der Waals surface area contributed by atoms with Gasteiger partial charge in [-0.25, -0.2) is 4.99 Å². The van der Waals surface area contributed by atoms with E-state index < -0.39 is 0 Å². The smallest absolute Gasteiger partial charge is 0.257 e. The second kappa shape index (κ2) is 8.78. The molecule has 25 heavy (non-hydrogen) atoms. The Morgan fingerprint density at radius 1 is 1.20 bits per heavy atom. The highest BCUT2D eigenvalue weighted by molar-refractivity contribution is 9.10. The number of aliphatic imine (C=N–C) groups is 1. The molecule has 0 aromatic heterocycles. The van der Waals surface area contributed by atoms with E-state index in [1.807, 2.05) is 42.5 Å². The minimum atomic E-state index is -0.200. The fourth-order valence-corrected chi connectivity index (χ4v) is 2.96. The molecule has 0 bridgehead atoms. The molecule has 1 aliphatic rings. The first-order chi connectivity index (χ1) is 12.2. The Balaban J connectivity index is 1.73. The fourth-order valence-electron chi connectivity index (χ4n) is 2.56. The van der Waals surface area contributed by atoms with Crippen LogP contribution in [0.4, 0.5) is 5.69 Å². The molecule has 0 saturated carbocycles. The Kier molecular flexibility index (Phi) is 6.19. The summed E-state index contributed by atoms with van der Waals surface area (Å²) in [6, 6.07) is 16.8. The van der Waals surface area contributed by atoms with Gasteiger partial charge in [0.2, 0.25) is 5.96 Å². The molecule has 1 saturated heterocycles. The van der Waals surface area contributed by atoms with Gasteiger partial charge in [0.05, 0.1) is 12.6 Å². The lowest BCUT2D eigenvalue weighted by Gasteiger charge is -2.13. The van der Waals surface area contributed by atoms with E-state index in [0.29, 0.717) is 18.1 Å². The molecule has 130 valence electrons. The summed E-state index contributed by atoms with van der Waals surface area (Å²) in [6.07, 6.45) is 2.18. The van der Waals surface area contributed by atoms with Gasteiger partial charge in [0.25, 0.3) is 5.91 Å². The van der Waals surface area contributed by atoms with E-state index in [9.17, 15) is 4.79 Å². The van der Waals surface area contributed by atoms with Crippen LogP contribution in [-0.4, -0.2) is 31.1 Å². The van der Waals surface area contributed by atoms with Gasteiger partial charge in [-0.2, -0.15) is 0 Å². The van der Waals surface area contributed by atoms with Crippen LogP contribution >= 0.6 is 15.9 Å². The van der Waals surface area contributed by atoms with Crippen molar-refractivity contribution in [2.75, 3.05) is 18.5 Å². The van der Waals surface area contributed by atoms with Gasteiger partial charge in [-0.1, -0.05) is 40.2 Å². The minimum absolute atomic E-state index is 0.118. The Morgan fingerprint density at radius 2 is 2.04 bits per heavy atom. The molecule has 1 unspecified atom stereocenters. The molecule has 1 fully saturated rings. The standard InChI is InChI=1S/C19H20BrN3O2/c20-15-8-4-9-16(12-15)22-19(21-13-17-10-5-11-25-17)23-18(24)14-6-2-1-3-7-14/h1-4,6-9,12,17H,5,10-11,13H2,(H2,21,22,23,24). The first kappa shape index (κ1) is 17.6. The topological polar surface area (TPSA) is 62.7 Å². The van der Waals surface area contributed by atoms with Gasteiger partial charge in [-0.3, -0.25) is 10.1 Å². The van der Waals surface area contributed by atoms with Gasteiger partial charge >= 0.3 is 0 Å². The Morgan fingerprint density at radius 3 is 2.76 bits per heavy atom. The van der Waals surface area contributed by atoms with Crippen LogP contribution in [0.2, 0.25) is 0 Å². The monoisotopic (exact) mass is 401 g/mol. The SMILES string of the molecule is O=C(NC(=NCC1CCCO1)Nc1cccc(Br)c1)c1ccccc1. The van der Waals surface area contributed by atoms with Crippen LogP contribution in [0.3, 0.4) is 0 Å². The zero-order valence-electron chi connectivity index (χ0n) is 13.7. The van der Waals surface area contributed by atoms with Crippen molar-refractivity contribution in [3.05, 3.63) is 64.6 Å². The lowest BCUT2D eigenvalue weighted by molar-refractivity contribution is 0.0975. The van der Waals surface area contributed by atoms with Crippen LogP contribution in [0.5, 0.6) is 0 Å². The number of hydrogen-bond donors (Lipinski definition) is 2. The number of anilines is 1. The molecule has 2 aromatic carbocycles. The number of ether oxygens (including phenoxy) is 1. The Labute approximate surface area is 155 Å². The predicted molar refractivity (Wildman–Crippen MR) is 103 cm³/mol. The van der Waals surface area contributed by atoms with E-state index in [2.05, 4.69) is 31.6 Å². The molecule has 1 amide bonds. The van der Waals surface area contributed by atoms with Crippen molar-refractivity contribution >= 4 is 33.5 Å². The summed E-state index contributed by atoms with van der Waals surface area (Å²) in [6.45, 7) is 1.30. The minimum Gasteiger partial charge on any atom is -0.376 e. The van der Waals surface area contributed by atoms with E-state index in [-0.39, 0.29) is 12.0 Å². The number of amides is 1. The third kappa shape index (κ3) is 5.41. The summed E-state index contributed by atoms with van der Waals surface area (Å²) in [5, 5.41) is 6.03. The fraction of sp³-hybridized carbons (Fsp3) is 0.263. The molecule has 0 radical (unpaired) electrons. The maximum Gasteiger partial charge on any atom is 0.257 e. The number of guanidine groups is 1. The lowest BCUT2D eigenvalue weighted by Crippen LogP contribution is -2.36. The van der Waals surface area contributed by atoms with Gasteiger partial charge in [0.15, 0.2) is 0 Å². The number of hydrogen-bond acceptors (Lipinski definition) is 3. The maximum absolute atomic E-state index is 12.4. The van der Waals surface area contributed by atoms with Crippen molar-refractivity contribution < 1.29 is 9.53 Å². The van der Waals surface area contributed by atoms with E-state index in [1.54, 1.807) is 12.1 Å². The van der Waals surface area contributed by atoms with Crippen LogP contribution in [0.15, 0.2) is 64.1 Å². The van der Waals surface area contributed by atoms with E-state index >= 15 is 0 Å². The number of halogens is 1. The second-order valence-electron chi connectivity index (χ2n) is 5.78. The summed E-state index contributed by atoms with van der Waals surface area (Å²) in [4.78, 5) is 17.0. The highest BCUT2D eigenvalue weighted by atomic mass is 79.9. The first-order valence-electron chi connectivity index (χ1n) is 8.26. The van der Waals surface area contributed by atoms with Gasteiger partial charge in [-0.05, 0) is 43.2 Å². The molecule has 1 atom stereocenters. The molecule has 1 aliphatic heterocycles. The van der Waals surface area contributed by atoms with Crippen molar-refractivity contribution in [2.45, 2.75) is 18.9 Å². The molecule has 0 spiro atoms. The van der Waals surface area contributed by atoms with E-state index in [4.69, 9.17) is 4.74 Å². The molecular formula is C19H20BrN3O2. The average Bonchev–Trinajstić information content (AvgIpc) is 3.14. The summed E-state index contributed by atoms with van der Waals surface area (Å²) >= 11 is 3.45. The molecule has 3 rings (SSSR count). The van der Waals surface area contributed by atoms with Crippen molar-refractivity contribution in [1.82, 2.24) is 5.32 Å². The third-order valence-corrected chi connectivity index (χ3v) is 4.33. The third-order valence-electron chi connectivity index (χ3n) is 3.83. The summed E-state index contributed by atoms with van der Waals surface area (Å²) in [7, 11) is 0. The van der Waals surface area contributed by atoms with Gasteiger partial charge in [0.1, 0.15) is 0 Å². The van der Waals surface area contributed by atoms with Crippen molar-refractivity contribution in [3.8, 4) is 0 Å². The molecule has 1 heterocycles. The number of carbonyl (C=O) groups excluding carboxylic acids is 1. The number of rotatable bonds is 4. The molecule has 0 aliphatic carbocycles. The van der Waals surface area contributed by atoms with Crippen molar-refractivity contribution in [1.29, 1.82) is 0 Å². The number of nitrogens with one attached hydrogen (secondary N) is 2. The average molecular weight is 402 g/mol. The molecule has 6 heteroatoms. The number of benzene rings is 2. The Bertz CT molecular complexity index is 743. The molecular weight excluding hydrogens is 382 g/mol. The highest BCUT2D eigenvalue weighted by Gasteiger charge is 2.16. The normalized spacial score (nSPS) is 17.3. The lowest BCUT2D eigenvalue weighted by atomic mass is 10.2. The summed E-state index contributed by atoms with van der Waals surface area (Å²) in [5.74, 6) is 0.219. The summed E-state index contributed by atoms with van der Waals surface area (Å²) < 4.78 is 6.56. The van der Waals surface area contributed by atoms with Crippen molar-refractivity contribution in [3.63, 3.8) is 0 Å². The van der Waals surface area contributed by atoms with Gasteiger partial charge < -0.3 is 10.1 Å². The largest absolute Gasteiger partial charge is 0.376 e. The van der Waals surface area contributed by atoms with E-state index in [1.165, 1.54) is 0 Å². The molecule has 2 aromatic rings. The quantitative estimate of drug-likeness (QED) is 0.604.